The van der Waals surface area contributed by atoms with Crippen molar-refractivity contribution in [3.05, 3.63) is 102 Å². The third kappa shape index (κ3) is 7.18. The summed E-state index contributed by atoms with van der Waals surface area (Å²) in [5, 5.41) is 2.99. The molecule has 0 spiro atoms. The van der Waals surface area contributed by atoms with Gasteiger partial charge in [0, 0.05) is 56.3 Å². The lowest BCUT2D eigenvalue weighted by atomic mass is 10.1. The molecule has 0 saturated carbocycles. The van der Waals surface area contributed by atoms with Gasteiger partial charge in [0.15, 0.2) is 0 Å². The van der Waals surface area contributed by atoms with Gasteiger partial charge in [-0.1, -0.05) is 60.7 Å². The Bertz CT molecular complexity index is 1180. The lowest BCUT2D eigenvalue weighted by molar-refractivity contribution is 0.0956. The van der Waals surface area contributed by atoms with E-state index in [1.807, 2.05) is 48.5 Å². The van der Waals surface area contributed by atoms with Gasteiger partial charge in [0.25, 0.3) is 5.91 Å². The van der Waals surface area contributed by atoms with E-state index in [-0.39, 0.29) is 5.91 Å². The zero-order valence-electron chi connectivity index (χ0n) is 19.7. The van der Waals surface area contributed by atoms with Crippen molar-refractivity contribution in [1.82, 2.24) is 14.5 Å². The highest BCUT2D eigenvalue weighted by Gasteiger charge is 2.28. The summed E-state index contributed by atoms with van der Waals surface area (Å²) in [4.78, 5) is 15.0. The van der Waals surface area contributed by atoms with Crippen LogP contribution in [0.15, 0.2) is 89.8 Å². The third-order valence-corrected chi connectivity index (χ3v) is 8.92. The molecule has 1 N–H and O–H groups in total. The number of piperazine rings is 1. The van der Waals surface area contributed by atoms with Crippen molar-refractivity contribution in [1.29, 1.82) is 0 Å². The Balaban J connectivity index is 1.18. The summed E-state index contributed by atoms with van der Waals surface area (Å²) in [5.41, 5.74) is 3.05. The second-order valence-electron chi connectivity index (χ2n) is 8.48. The molecule has 3 aromatic rings. The summed E-state index contributed by atoms with van der Waals surface area (Å²) in [6, 6.07) is 26.6. The molecule has 0 radical (unpaired) electrons. The van der Waals surface area contributed by atoms with E-state index in [1.165, 1.54) is 5.56 Å². The van der Waals surface area contributed by atoms with Crippen LogP contribution in [0.2, 0.25) is 0 Å². The molecule has 1 fully saturated rings. The molecule has 8 heteroatoms. The zero-order chi connectivity index (χ0) is 24.5. The Labute approximate surface area is 212 Å². The minimum absolute atomic E-state index is 0.0587. The number of carbonyl (C=O) groups is 1. The first-order chi connectivity index (χ1) is 17.0. The molecule has 1 aliphatic heterocycles. The maximum absolute atomic E-state index is 12.8. The molecule has 0 bridgehead atoms. The predicted octanol–water partition coefficient (Wildman–Crippen LogP) is 3.86. The van der Waals surface area contributed by atoms with Crippen molar-refractivity contribution in [2.45, 2.75) is 17.2 Å². The van der Waals surface area contributed by atoms with Gasteiger partial charge in [0.05, 0.1) is 4.90 Å². The number of hydrogen-bond acceptors (Lipinski definition) is 5. The Morgan fingerprint density at radius 3 is 2.09 bits per heavy atom. The Morgan fingerprint density at radius 1 is 0.800 bits per heavy atom. The molecule has 35 heavy (non-hydrogen) atoms. The zero-order valence-corrected chi connectivity index (χ0v) is 21.3. The van der Waals surface area contributed by atoms with Crippen molar-refractivity contribution in [3.63, 3.8) is 0 Å². The molecule has 3 aromatic carbocycles. The highest BCUT2D eigenvalue weighted by Crippen LogP contribution is 2.18. The van der Waals surface area contributed by atoms with Gasteiger partial charge in [0.2, 0.25) is 10.0 Å². The van der Waals surface area contributed by atoms with Crippen LogP contribution in [0, 0.1) is 0 Å². The quantitative estimate of drug-likeness (QED) is 0.421. The highest BCUT2D eigenvalue weighted by molar-refractivity contribution is 7.98. The monoisotopic (exact) mass is 509 g/mol. The van der Waals surface area contributed by atoms with Crippen LogP contribution in [-0.2, 0) is 22.3 Å². The Kier molecular flexibility index (Phi) is 8.98. The standard InChI is InChI=1S/C27H31N3O3S2/c31-27(28-15-20-34-22-24-7-3-1-4-8-24)25-13-11-23(12-14-25)21-29-16-18-30(19-17-29)35(32,33)26-9-5-2-6-10-26/h1-14H,15-22H2,(H,28,31). The van der Waals surface area contributed by atoms with Crippen LogP contribution in [0.25, 0.3) is 0 Å². The van der Waals surface area contributed by atoms with Gasteiger partial charge in [-0.15, -0.1) is 0 Å². The van der Waals surface area contributed by atoms with Gasteiger partial charge < -0.3 is 5.32 Å². The van der Waals surface area contributed by atoms with Crippen LogP contribution in [0.4, 0.5) is 0 Å². The van der Waals surface area contributed by atoms with Crippen molar-refractivity contribution in [3.8, 4) is 0 Å². The minimum atomic E-state index is -3.44. The van der Waals surface area contributed by atoms with Crippen LogP contribution in [0.5, 0.6) is 0 Å². The molecule has 0 unspecified atom stereocenters. The lowest BCUT2D eigenvalue weighted by Crippen LogP contribution is -2.48. The number of rotatable bonds is 10. The predicted molar refractivity (Wildman–Crippen MR) is 142 cm³/mol. The molecule has 1 saturated heterocycles. The highest BCUT2D eigenvalue weighted by atomic mass is 32.2. The maximum atomic E-state index is 12.8. The summed E-state index contributed by atoms with van der Waals surface area (Å²) in [6.07, 6.45) is 0. The first-order valence-corrected chi connectivity index (χ1v) is 14.4. The van der Waals surface area contributed by atoms with Crippen molar-refractivity contribution in [2.75, 3.05) is 38.5 Å². The fraction of sp³-hybridized carbons (Fsp3) is 0.296. The number of thioether (sulfide) groups is 1. The van der Waals surface area contributed by atoms with Crippen LogP contribution >= 0.6 is 11.8 Å². The summed E-state index contributed by atoms with van der Waals surface area (Å²) in [5.74, 6) is 1.75. The number of benzene rings is 3. The van der Waals surface area contributed by atoms with Gasteiger partial charge in [-0.2, -0.15) is 16.1 Å². The first-order valence-electron chi connectivity index (χ1n) is 11.8. The van der Waals surface area contributed by atoms with E-state index in [1.54, 1.807) is 40.3 Å². The fourth-order valence-corrected chi connectivity index (χ4v) is 6.25. The van der Waals surface area contributed by atoms with Crippen LogP contribution in [-0.4, -0.2) is 62.0 Å². The largest absolute Gasteiger partial charge is 0.351 e. The fourth-order valence-electron chi connectivity index (χ4n) is 3.99. The molecule has 4 rings (SSSR count). The second-order valence-corrected chi connectivity index (χ2v) is 11.5. The van der Waals surface area contributed by atoms with Gasteiger partial charge in [-0.05, 0) is 35.4 Å². The van der Waals surface area contributed by atoms with Gasteiger partial charge >= 0.3 is 0 Å². The van der Waals surface area contributed by atoms with Crippen LogP contribution in [0.3, 0.4) is 0 Å². The van der Waals surface area contributed by atoms with Gasteiger partial charge in [-0.3, -0.25) is 9.69 Å². The van der Waals surface area contributed by atoms with Crippen molar-refractivity contribution >= 4 is 27.7 Å². The summed E-state index contributed by atoms with van der Waals surface area (Å²) >= 11 is 1.80. The van der Waals surface area contributed by atoms with E-state index in [2.05, 4.69) is 22.3 Å². The van der Waals surface area contributed by atoms with E-state index >= 15 is 0 Å². The molecule has 6 nitrogen and oxygen atoms in total. The van der Waals surface area contributed by atoms with Crippen molar-refractivity contribution < 1.29 is 13.2 Å². The van der Waals surface area contributed by atoms with Gasteiger partial charge in [-0.25, -0.2) is 8.42 Å². The number of nitrogens with one attached hydrogen (secondary N) is 1. The molecular formula is C27H31N3O3S2. The molecular weight excluding hydrogens is 478 g/mol. The van der Waals surface area contributed by atoms with E-state index in [0.717, 1.165) is 23.6 Å². The van der Waals surface area contributed by atoms with Crippen LogP contribution in [0.1, 0.15) is 21.5 Å². The summed E-state index contributed by atoms with van der Waals surface area (Å²) in [7, 11) is -3.44. The number of carbonyl (C=O) groups excluding carboxylic acids is 1. The summed E-state index contributed by atoms with van der Waals surface area (Å²) in [6.45, 7) is 3.66. The van der Waals surface area contributed by atoms with Crippen molar-refractivity contribution in [2.24, 2.45) is 0 Å². The molecule has 184 valence electrons. The minimum Gasteiger partial charge on any atom is -0.351 e. The lowest BCUT2D eigenvalue weighted by Gasteiger charge is -2.34. The van der Waals surface area contributed by atoms with Gasteiger partial charge in [0.1, 0.15) is 0 Å². The molecule has 0 atom stereocenters. The number of hydrogen-bond donors (Lipinski definition) is 1. The molecule has 1 aliphatic rings. The Hall–Kier alpha value is -2.65. The third-order valence-electron chi connectivity index (χ3n) is 5.98. The number of nitrogens with zero attached hydrogens (tertiary/aromatic N) is 2. The summed E-state index contributed by atoms with van der Waals surface area (Å²) < 4.78 is 27.2. The number of amides is 1. The second kappa shape index (κ2) is 12.4. The van der Waals surface area contributed by atoms with E-state index in [4.69, 9.17) is 0 Å². The maximum Gasteiger partial charge on any atom is 0.251 e. The smallest absolute Gasteiger partial charge is 0.251 e. The Morgan fingerprint density at radius 2 is 1.43 bits per heavy atom. The average Bonchev–Trinajstić information content (AvgIpc) is 2.90. The molecule has 1 amide bonds. The van der Waals surface area contributed by atoms with E-state index in [0.29, 0.717) is 43.2 Å². The topological polar surface area (TPSA) is 69.7 Å². The van der Waals surface area contributed by atoms with E-state index < -0.39 is 10.0 Å². The van der Waals surface area contributed by atoms with E-state index in [9.17, 15) is 13.2 Å². The molecule has 0 aliphatic carbocycles. The average molecular weight is 510 g/mol. The molecule has 0 aromatic heterocycles. The van der Waals surface area contributed by atoms with Crippen LogP contribution < -0.4 is 5.32 Å². The number of sulfonamides is 1. The molecule has 1 heterocycles. The normalized spacial score (nSPS) is 15.1. The SMILES string of the molecule is O=C(NCCSCc1ccccc1)c1ccc(CN2CCN(S(=O)(=O)c3ccccc3)CC2)cc1. The first kappa shape index (κ1) is 25.4.